The molecule has 2 atom stereocenters. The number of nitrogens with zero attached hydrogens (tertiary/aromatic N) is 2. The van der Waals surface area contributed by atoms with Crippen molar-refractivity contribution in [3.8, 4) is 0 Å². The Hall–Kier alpha value is -2.82. The first-order chi connectivity index (χ1) is 16.3. The van der Waals surface area contributed by atoms with Crippen molar-refractivity contribution in [2.45, 2.75) is 30.7 Å². The van der Waals surface area contributed by atoms with E-state index in [0.717, 1.165) is 11.1 Å². The summed E-state index contributed by atoms with van der Waals surface area (Å²) in [4.78, 5) is 28.9. The molecule has 1 heterocycles. The molecule has 10 heteroatoms. The molecule has 0 bridgehead atoms. The Morgan fingerprint density at radius 3 is 2.12 bits per heavy atom. The van der Waals surface area contributed by atoms with Crippen LogP contribution >= 0.6 is 0 Å². The van der Waals surface area contributed by atoms with Gasteiger partial charge in [0.05, 0.1) is 19.3 Å². The van der Waals surface area contributed by atoms with Crippen molar-refractivity contribution >= 4 is 21.8 Å². The zero-order valence-corrected chi connectivity index (χ0v) is 19.7. The highest BCUT2D eigenvalue weighted by molar-refractivity contribution is 7.91. The summed E-state index contributed by atoms with van der Waals surface area (Å²) in [5.74, 6) is -0.851. The third-order valence-electron chi connectivity index (χ3n) is 5.72. The Labute approximate surface area is 199 Å². The molecule has 0 aromatic heterocycles. The highest BCUT2D eigenvalue weighted by atomic mass is 32.2. The lowest BCUT2D eigenvalue weighted by Crippen LogP contribution is -2.59. The molecule has 8 nitrogen and oxygen atoms in total. The normalized spacial score (nSPS) is 16.0. The lowest BCUT2D eigenvalue weighted by molar-refractivity contribution is -0.131. The fourth-order valence-corrected chi connectivity index (χ4v) is 5.01. The maximum absolute atomic E-state index is 13.7. The number of hydrogen-bond donors (Lipinski definition) is 1. The van der Waals surface area contributed by atoms with Crippen LogP contribution in [0.5, 0.6) is 0 Å². The topological polar surface area (TPSA) is 110 Å². The fraction of sp³-hybridized carbons (Fsp3) is 0.417. The number of aryl methyl sites for hydroxylation is 1. The molecule has 0 saturated carbocycles. The predicted molar refractivity (Wildman–Crippen MR) is 126 cm³/mol. The monoisotopic (exact) mass is 491 g/mol. The van der Waals surface area contributed by atoms with Crippen LogP contribution in [0.25, 0.3) is 0 Å². The van der Waals surface area contributed by atoms with E-state index >= 15 is 0 Å². The molecular weight excluding hydrogens is 461 g/mol. The summed E-state index contributed by atoms with van der Waals surface area (Å²) in [6, 6.07) is 14.3. The maximum atomic E-state index is 13.7. The van der Waals surface area contributed by atoms with E-state index in [1.165, 1.54) is 4.90 Å². The molecule has 2 aromatic rings. The molecule has 1 saturated heterocycles. The van der Waals surface area contributed by atoms with Crippen LogP contribution in [0.1, 0.15) is 17.5 Å². The van der Waals surface area contributed by atoms with E-state index in [2.05, 4.69) is 0 Å². The predicted octanol–water partition coefficient (Wildman–Crippen LogP) is 2.14. The van der Waals surface area contributed by atoms with Gasteiger partial charge in [-0.2, -0.15) is 0 Å². The SMILES string of the molecule is N[C@@H](Cc1ccccc1)C(=O)N(C(=O)N1CCOCC1)C(CCc1ccccc1)S(=O)(=O)CF. The first kappa shape index (κ1) is 25.8. The van der Waals surface area contributed by atoms with Gasteiger partial charge in [-0.05, 0) is 30.4 Å². The van der Waals surface area contributed by atoms with E-state index in [1.807, 2.05) is 12.1 Å². The minimum Gasteiger partial charge on any atom is -0.378 e. The number of urea groups is 1. The van der Waals surface area contributed by atoms with E-state index in [1.54, 1.807) is 48.5 Å². The molecule has 0 spiro atoms. The van der Waals surface area contributed by atoms with Crippen LogP contribution in [-0.2, 0) is 32.2 Å². The summed E-state index contributed by atoms with van der Waals surface area (Å²) in [6.07, 6.45) is 0.197. The van der Waals surface area contributed by atoms with Crippen molar-refractivity contribution < 1.29 is 27.1 Å². The average molecular weight is 492 g/mol. The summed E-state index contributed by atoms with van der Waals surface area (Å²) in [6.45, 7) is 0.901. The van der Waals surface area contributed by atoms with Gasteiger partial charge in [0.25, 0.3) is 0 Å². The van der Waals surface area contributed by atoms with Gasteiger partial charge in [0.2, 0.25) is 15.7 Å². The number of nitrogens with two attached hydrogens (primary N) is 1. The molecule has 2 aromatic carbocycles. The van der Waals surface area contributed by atoms with Crippen LogP contribution < -0.4 is 5.73 Å². The third-order valence-corrected chi connectivity index (χ3v) is 7.30. The van der Waals surface area contributed by atoms with Crippen LogP contribution in [0.3, 0.4) is 0 Å². The molecule has 1 unspecified atom stereocenters. The fourth-order valence-electron chi connectivity index (χ4n) is 3.88. The number of benzene rings is 2. The van der Waals surface area contributed by atoms with Gasteiger partial charge in [0.15, 0.2) is 6.01 Å². The summed E-state index contributed by atoms with van der Waals surface area (Å²) in [5, 5.41) is -1.68. The van der Waals surface area contributed by atoms with Gasteiger partial charge in [-0.1, -0.05) is 60.7 Å². The highest BCUT2D eigenvalue weighted by Crippen LogP contribution is 2.21. The Balaban J connectivity index is 1.93. The van der Waals surface area contributed by atoms with Crippen molar-refractivity contribution in [3.63, 3.8) is 0 Å². The molecule has 3 rings (SSSR count). The lowest BCUT2D eigenvalue weighted by atomic mass is 10.0. The smallest absolute Gasteiger partial charge is 0.328 e. The van der Waals surface area contributed by atoms with E-state index in [4.69, 9.17) is 10.5 Å². The lowest BCUT2D eigenvalue weighted by Gasteiger charge is -2.36. The number of morpholine rings is 1. The molecule has 0 aliphatic carbocycles. The molecule has 2 N–H and O–H groups in total. The second-order valence-electron chi connectivity index (χ2n) is 8.14. The molecule has 1 aliphatic heterocycles. The second-order valence-corrected chi connectivity index (χ2v) is 10.2. The van der Waals surface area contributed by atoms with Crippen LogP contribution in [0.4, 0.5) is 9.18 Å². The molecule has 1 fully saturated rings. The van der Waals surface area contributed by atoms with Gasteiger partial charge in [-0.25, -0.2) is 22.5 Å². The number of halogens is 1. The largest absolute Gasteiger partial charge is 0.378 e. The van der Waals surface area contributed by atoms with Crippen LogP contribution in [0.15, 0.2) is 60.7 Å². The Bertz CT molecular complexity index is 1050. The standard InChI is InChI=1S/C24H30FN3O5S/c25-18-34(31,32)22(12-11-19-7-3-1-4-8-19)28(24(30)27-13-15-33-16-14-27)23(29)21(26)17-20-9-5-2-6-10-20/h1-10,21-22H,11-18,26H2/t21-,22?/m0/s1. The number of carbonyl (C=O) groups excluding carboxylic acids is 2. The van der Waals surface area contributed by atoms with E-state index in [-0.39, 0.29) is 45.6 Å². The number of alkyl halides is 1. The van der Waals surface area contributed by atoms with Crippen molar-refractivity contribution in [2.75, 3.05) is 32.3 Å². The first-order valence-corrected chi connectivity index (χ1v) is 12.9. The Kier molecular flexibility index (Phi) is 9.14. The van der Waals surface area contributed by atoms with E-state index < -0.39 is 39.2 Å². The first-order valence-electron chi connectivity index (χ1n) is 11.1. The average Bonchev–Trinajstić information content (AvgIpc) is 2.87. The molecular formula is C24H30FN3O5S. The summed E-state index contributed by atoms with van der Waals surface area (Å²) < 4.78 is 44.7. The van der Waals surface area contributed by atoms with Crippen LogP contribution in [0.2, 0.25) is 0 Å². The third kappa shape index (κ3) is 6.62. The van der Waals surface area contributed by atoms with Crippen molar-refractivity contribution in [1.82, 2.24) is 9.80 Å². The summed E-state index contributed by atoms with van der Waals surface area (Å²) >= 11 is 0. The number of carbonyl (C=O) groups is 2. The van der Waals surface area contributed by atoms with Crippen molar-refractivity contribution in [3.05, 3.63) is 71.8 Å². The maximum Gasteiger partial charge on any atom is 0.328 e. The van der Waals surface area contributed by atoms with Crippen molar-refractivity contribution in [2.24, 2.45) is 5.73 Å². The number of hydrogen-bond acceptors (Lipinski definition) is 6. The van der Waals surface area contributed by atoms with Gasteiger partial charge < -0.3 is 15.4 Å². The minimum absolute atomic E-state index is 0.105. The highest BCUT2D eigenvalue weighted by Gasteiger charge is 2.42. The van der Waals surface area contributed by atoms with E-state index in [9.17, 15) is 22.4 Å². The number of rotatable bonds is 9. The summed E-state index contributed by atoms with van der Waals surface area (Å²) in [7, 11) is -4.46. The molecule has 3 amide bonds. The quantitative estimate of drug-likeness (QED) is 0.576. The number of amides is 3. The van der Waals surface area contributed by atoms with Gasteiger partial charge in [-0.15, -0.1) is 0 Å². The van der Waals surface area contributed by atoms with Crippen LogP contribution in [0, 0.1) is 0 Å². The van der Waals surface area contributed by atoms with Gasteiger partial charge >= 0.3 is 6.03 Å². The molecule has 1 aliphatic rings. The van der Waals surface area contributed by atoms with Crippen molar-refractivity contribution in [1.29, 1.82) is 0 Å². The summed E-state index contributed by atoms with van der Waals surface area (Å²) in [5.41, 5.74) is 7.74. The zero-order chi connectivity index (χ0) is 24.6. The Morgan fingerprint density at radius 2 is 1.56 bits per heavy atom. The van der Waals surface area contributed by atoms with Gasteiger partial charge in [0, 0.05) is 13.1 Å². The molecule has 184 valence electrons. The van der Waals surface area contributed by atoms with Gasteiger partial charge in [0.1, 0.15) is 5.37 Å². The van der Waals surface area contributed by atoms with Crippen LogP contribution in [-0.4, -0.2) is 73.9 Å². The number of imide groups is 1. The minimum atomic E-state index is -4.46. The number of sulfone groups is 1. The van der Waals surface area contributed by atoms with E-state index in [0.29, 0.717) is 4.90 Å². The number of ether oxygens (including phenoxy) is 1. The Morgan fingerprint density at radius 1 is 1.00 bits per heavy atom. The zero-order valence-electron chi connectivity index (χ0n) is 18.9. The van der Waals surface area contributed by atoms with Gasteiger partial charge in [-0.3, -0.25) is 4.79 Å². The molecule has 34 heavy (non-hydrogen) atoms. The molecule has 0 radical (unpaired) electrons. The second kappa shape index (κ2) is 12.0.